The molecule has 1 aliphatic heterocycles. The lowest BCUT2D eigenvalue weighted by molar-refractivity contribution is -0.132. The molecule has 0 aliphatic carbocycles. The zero-order valence-electron chi connectivity index (χ0n) is 10.5. The fourth-order valence-electron chi connectivity index (χ4n) is 2.11. The molecular formula is C13H24BrNO. The van der Waals surface area contributed by atoms with E-state index in [9.17, 15) is 4.79 Å². The maximum Gasteiger partial charge on any atom is 0.222 e. The quantitative estimate of drug-likeness (QED) is 0.560. The molecule has 0 N–H and O–H groups in total. The van der Waals surface area contributed by atoms with Gasteiger partial charge in [0.25, 0.3) is 0 Å². The molecule has 1 heterocycles. The molecule has 1 fully saturated rings. The molecule has 0 aromatic heterocycles. The van der Waals surface area contributed by atoms with E-state index in [2.05, 4.69) is 29.8 Å². The van der Waals surface area contributed by atoms with Gasteiger partial charge in [0, 0.05) is 24.3 Å². The summed E-state index contributed by atoms with van der Waals surface area (Å²) in [6.07, 6.45) is 6.63. The lowest BCUT2D eigenvalue weighted by Gasteiger charge is -2.34. The SMILES string of the molecule is CCCCCCC(=O)N1CCC(C)C(Br)C1. The maximum absolute atomic E-state index is 11.9. The number of piperidine rings is 1. The van der Waals surface area contributed by atoms with Gasteiger partial charge < -0.3 is 4.90 Å². The van der Waals surface area contributed by atoms with E-state index in [1.807, 2.05) is 4.90 Å². The average molecular weight is 290 g/mol. The highest BCUT2D eigenvalue weighted by atomic mass is 79.9. The molecule has 0 radical (unpaired) electrons. The number of hydrogen-bond acceptors (Lipinski definition) is 1. The van der Waals surface area contributed by atoms with Gasteiger partial charge in [-0.3, -0.25) is 4.79 Å². The summed E-state index contributed by atoms with van der Waals surface area (Å²) in [4.78, 5) is 14.4. The zero-order valence-corrected chi connectivity index (χ0v) is 12.1. The first-order chi connectivity index (χ1) is 7.65. The van der Waals surface area contributed by atoms with Crippen LogP contribution in [-0.2, 0) is 4.79 Å². The number of unbranched alkanes of at least 4 members (excludes halogenated alkanes) is 3. The number of amides is 1. The van der Waals surface area contributed by atoms with Crippen LogP contribution in [0.4, 0.5) is 0 Å². The van der Waals surface area contributed by atoms with Gasteiger partial charge in [0.05, 0.1) is 0 Å². The molecule has 3 heteroatoms. The first-order valence-electron chi connectivity index (χ1n) is 6.57. The minimum Gasteiger partial charge on any atom is -0.342 e. The van der Waals surface area contributed by atoms with E-state index >= 15 is 0 Å². The summed E-state index contributed by atoms with van der Waals surface area (Å²) in [5.41, 5.74) is 0. The highest BCUT2D eigenvalue weighted by Crippen LogP contribution is 2.23. The largest absolute Gasteiger partial charge is 0.342 e. The van der Waals surface area contributed by atoms with Crippen molar-refractivity contribution in [1.82, 2.24) is 4.90 Å². The Hall–Kier alpha value is -0.0500. The van der Waals surface area contributed by atoms with Gasteiger partial charge in [-0.15, -0.1) is 0 Å². The van der Waals surface area contributed by atoms with Crippen LogP contribution in [0.15, 0.2) is 0 Å². The number of rotatable bonds is 5. The Morgan fingerprint density at radius 2 is 2.12 bits per heavy atom. The van der Waals surface area contributed by atoms with Crippen LogP contribution in [0.5, 0.6) is 0 Å². The Morgan fingerprint density at radius 3 is 2.75 bits per heavy atom. The van der Waals surface area contributed by atoms with Gasteiger partial charge in [0.1, 0.15) is 0 Å². The number of alkyl halides is 1. The fourth-order valence-corrected chi connectivity index (χ4v) is 2.72. The van der Waals surface area contributed by atoms with Gasteiger partial charge in [-0.1, -0.05) is 49.0 Å². The van der Waals surface area contributed by atoms with Crippen molar-refractivity contribution in [3.05, 3.63) is 0 Å². The summed E-state index contributed by atoms with van der Waals surface area (Å²) in [5, 5.41) is 0. The van der Waals surface area contributed by atoms with E-state index in [1.165, 1.54) is 19.3 Å². The third-order valence-electron chi connectivity index (χ3n) is 3.46. The number of likely N-dealkylation sites (tertiary alicyclic amines) is 1. The number of carbonyl (C=O) groups is 1. The second-order valence-electron chi connectivity index (χ2n) is 4.93. The van der Waals surface area contributed by atoms with Gasteiger partial charge in [-0.25, -0.2) is 0 Å². The normalized spacial score (nSPS) is 25.8. The first kappa shape index (κ1) is 14.0. The van der Waals surface area contributed by atoms with Gasteiger partial charge in [0.2, 0.25) is 5.91 Å². The summed E-state index contributed by atoms with van der Waals surface area (Å²) < 4.78 is 0. The Morgan fingerprint density at radius 1 is 1.38 bits per heavy atom. The van der Waals surface area contributed by atoms with E-state index in [0.717, 1.165) is 32.4 Å². The monoisotopic (exact) mass is 289 g/mol. The summed E-state index contributed by atoms with van der Waals surface area (Å²) in [6.45, 7) is 6.30. The molecule has 2 unspecified atom stereocenters. The fraction of sp³-hybridized carbons (Fsp3) is 0.923. The molecule has 0 bridgehead atoms. The predicted molar refractivity (Wildman–Crippen MR) is 71.8 cm³/mol. The van der Waals surface area contributed by atoms with E-state index in [4.69, 9.17) is 0 Å². The van der Waals surface area contributed by atoms with Crippen molar-refractivity contribution in [1.29, 1.82) is 0 Å². The van der Waals surface area contributed by atoms with Crippen LogP contribution in [0, 0.1) is 5.92 Å². The van der Waals surface area contributed by atoms with Crippen LogP contribution < -0.4 is 0 Å². The molecule has 1 amide bonds. The average Bonchev–Trinajstić information content (AvgIpc) is 2.28. The van der Waals surface area contributed by atoms with Crippen LogP contribution in [0.25, 0.3) is 0 Å². The highest BCUT2D eigenvalue weighted by Gasteiger charge is 2.26. The number of nitrogens with zero attached hydrogens (tertiary/aromatic N) is 1. The van der Waals surface area contributed by atoms with Crippen molar-refractivity contribution in [3.8, 4) is 0 Å². The molecule has 2 atom stereocenters. The van der Waals surface area contributed by atoms with Crippen LogP contribution in [0.1, 0.15) is 52.4 Å². The summed E-state index contributed by atoms with van der Waals surface area (Å²) in [7, 11) is 0. The lowest BCUT2D eigenvalue weighted by Crippen LogP contribution is -2.43. The van der Waals surface area contributed by atoms with Crippen LogP contribution in [0.2, 0.25) is 0 Å². The van der Waals surface area contributed by atoms with Gasteiger partial charge in [-0.05, 0) is 18.8 Å². The van der Waals surface area contributed by atoms with Crippen LogP contribution >= 0.6 is 15.9 Å². The summed E-state index contributed by atoms with van der Waals surface area (Å²) >= 11 is 3.66. The highest BCUT2D eigenvalue weighted by molar-refractivity contribution is 9.09. The molecular weight excluding hydrogens is 266 g/mol. The molecule has 16 heavy (non-hydrogen) atoms. The molecule has 1 rings (SSSR count). The number of carbonyl (C=O) groups excluding carboxylic acids is 1. The number of halogens is 1. The molecule has 0 saturated carbocycles. The second kappa shape index (κ2) is 7.31. The van der Waals surface area contributed by atoms with Crippen LogP contribution in [0.3, 0.4) is 0 Å². The summed E-state index contributed by atoms with van der Waals surface area (Å²) in [5.74, 6) is 1.05. The Balaban J connectivity index is 2.21. The third kappa shape index (κ3) is 4.44. The van der Waals surface area contributed by atoms with Crippen molar-refractivity contribution >= 4 is 21.8 Å². The molecule has 94 valence electrons. The molecule has 0 spiro atoms. The van der Waals surface area contributed by atoms with Crippen molar-refractivity contribution < 1.29 is 4.79 Å². The summed E-state index contributed by atoms with van der Waals surface area (Å²) in [6, 6.07) is 0. The maximum atomic E-state index is 11.9. The lowest BCUT2D eigenvalue weighted by atomic mass is 9.98. The van der Waals surface area contributed by atoms with E-state index in [1.54, 1.807) is 0 Å². The Labute approximate surface area is 108 Å². The predicted octanol–water partition coefficient (Wildman–Crippen LogP) is 3.59. The Kier molecular flexibility index (Phi) is 6.40. The van der Waals surface area contributed by atoms with Crippen molar-refractivity contribution in [2.75, 3.05) is 13.1 Å². The third-order valence-corrected chi connectivity index (χ3v) is 4.66. The van der Waals surface area contributed by atoms with Gasteiger partial charge in [-0.2, -0.15) is 0 Å². The molecule has 1 aliphatic rings. The molecule has 1 saturated heterocycles. The van der Waals surface area contributed by atoms with Crippen molar-refractivity contribution in [3.63, 3.8) is 0 Å². The zero-order chi connectivity index (χ0) is 12.0. The van der Waals surface area contributed by atoms with Crippen LogP contribution in [-0.4, -0.2) is 28.7 Å². The minimum absolute atomic E-state index is 0.354. The molecule has 2 nitrogen and oxygen atoms in total. The second-order valence-corrected chi connectivity index (χ2v) is 6.11. The van der Waals surface area contributed by atoms with E-state index in [-0.39, 0.29) is 0 Å². The van der Waals surface area contributed by atoms with Gasteiger partial charge in [0.15, 0.2) is 0 Å². The van der Waals surface area contributed by atoms with E-state index < -0.39 is 0 Å². The van der Waals surface area contributed by atoms with Crippen molar-refractivity contribution in [2.24, 2.45) is 5.92 Å². The minimum atomic E-state index is 0.354. The topological polar surface area (TPSA) is 20.3 Å². The smallest absolute Gasteiger partial charge is 0.222 e. The van der Waals surface area contributed by atoms with Gasteiger partial charge >= 0.3 is 0 Å². The molecule has 0 aromatic rings. The Bertz CT molecular complexity index is 220. The first-order valence-corrected chi connectivity index (χ1v) is 7.48. The van der Waals surface area contributed by atoms with Crippen molar-refractivity contribution in [2.45, 2.75) is 57.2 Å². The standard InChI is InChI=1S/C13H24BrNO/c1-3-4-5-6-7-13(16)15-9-8-11(2)12(14)10-15/h11-12H,3-10H2,1-2H3. The number of hydrogen-bond donors (Lipinski definition) is 0. The van der Waals surface area contributed by atoms with E-state index in [0.29, 0.717) is 16.7 Å². The molecule has 0 aromatic carbocycles.